The summed E-state index contributed by atoms with van der Waals surface area (Å²) < 4.78 is 0. The summed E-state index contributed by atoms with van der Waals surface area (Å²) in [7, 11) is 0. The quantitative estimate of drug-likeness (QED) is 0.862. The zero-order valence-electron chi connectivity index (χ0n) is 11.8. The number of carbonyl (C=O) groups excluding carboxylic acids is 1. The molecule has 5 heteroatoms. The van der Waals surface area contributed by atoms with Crippen molar-refractivity contribution < 1.29 is 14.7 Å². The molecule has 1 aromatic heterocycles. The molecule has 0 radical (unpaired) electrons. The molecule has 1 amide bonds. The fourth-order valence-corrected chi connectivity index (χ4v) is 2.87. The first kappa shape index (κ1) is 15.3. The van der Waals surface area contributed by atoms with Crippen LogP contribution in [0.3, 0.4) is 0 Å². The van der Waals surface area contributed by atoms with Gasteiger partial charge in [0, 0.05) is 4.88 Å². The molecule has 1 heterocycles. The van der Waals surface area contributed by atoms with Crippen LogP contribution in [0.15, 0.2) is 36.4 Å². The lowest BCUT2D eigenvalue weighted by atomic mass is 10.0. The topological polar surface area (TPSA) is 66.4 Å². The molecule has 0 bridgehead atoms. The Morgan fingerprint density at radius 3 is 2.48 bits per heavy atom. The largest absolute Gasteiger partial charge is 0.477 e. The number of benzene rings is 1. The maximum absolute atomic E-state index is 12.0. The van der Waals surface area contributed by atoms with E-state index in [0.717, 1.165) is 16.9 Å². The summed E-state index contributed by atoms with van der Waals surface area (Å²) in [5, 5.41) is 11.7. The number of aromatic carboxylic acids is 1. The Labute approximate surface area is 127 Å². The van der Waals surface area contributed by atoms with E-state index in [0.29, 0.717) is 13.0 Å². The van der Waals surface area contributed by atoms with Crippen molar-refractivity contribution in [1.82, 2.24) is 5.32 Å². The Balaban J connectivity index is 1.91. The van der Waals surface area contributed by atoms with Crippen molar-refractivity contribution in [3.63, 3.8) is 0 Å². The zero-order chi connectivity index (χ0) is 15.2. The molecule has 4 nitrogen and oxygen atoms in total. The molecule has 110 valence electrons. The molecule has 0 saturated carbocycles. The number of carbonyl (C=O) groups is 2. The molecular formula is C16H17NO3S. The molecule has 0 unspecified atom stereocenters. The predicted molar refractivity (Wildman–Crippen MR) is 82.6 cm³/mol. The summed E-state index contributed by atoms with van der Waals surface area (Å²) in [6, 6.07) is 11.2. The first-order valence-corrected chi connectivity index (χ1v) is 7.57. The number of hydrogen-bond acceptors (Lipinski definition) is 3. The van der Waals surface area contributed by atoms with Crippen LogP contribution >= 0.6 is 11.3 Å². The van der Waals surface area contributed by atoms with Gasteiger partial charge in [0.15, 0.2) is 0 Å². The number of aryl methyl sites for hydroxylation is 1. The normalized spacial score (nSPS) is 10.3. The van der Waals surface area contributed by atoms with Gasteiger partial charge in [-0.1, -0.05) is 31.2 Å². The minimum absolute atomic E-state index is 0.0545. The maximum Gasteiger partial charge on any atom is 0.345 e. The molecule has 0 aliphatic heterocycles. The number of rotatable bonds is 6. The van der Waals surface area contributed by atoms with Gasteiger partial charge in [-0.25, -0.2) is 4.79 Å². The van der Waals surface area contributed by atoms with Crippen molar-refractivity contribution >= 4 is 23.2 Å². The van der Waals surface area contributed by atoms with Crippen molar-refractivity contribution in [2.45, 2.75) is 26.3 Å². The molecule has 0 atom stereocenters. The van der Waals surface area contributed by atoms with Crippen LogP contribution in [0, 0.1) is 0 Å². The van der Waals surface area contributed by atoms with Gasteiger partial charge in [-0.2, -0.15) is 0 Å². The van der Waals surface area contributed by atoms with Crippen LogP contribution in [0.25, 0.3) is 0 Å². The Morgan fingerprint density at radius 1 is 1.14 bits per heavy atom. The highest BCUT2D eigenvalue weighted by molar-refractivity contribution is 7.13. The summed E-state index contributed by atoms with van der Waals surface area (Å²) in [5.74, 6) is -0.990. The van der Waals surface area contributed by atoms with Crippen LogP contribution in [0.1, 0.15) is 32.6 Å². The molecule has 2 rings (SSSR count). The van der Waals surface area contributed by atoms with E-state index >= 15 is 0 Å². The maximum atomic E-state index is 12.0. The van der Waals surface area contributed by atoms with Gasteiger partial charge in [-0.05, 0) is 29.7 Å². The van der Waals surface area contributed by atoms with Crippen LogP contribution < -0.4 is 5.32 Å². The van der Waals surface area contributed by atoms with Crippen LogP contribution in [-0.4, -0.2) is 17.0 Å². The molecule has 1 aromatic carbocycles. The van der Waals surface area contributed by atoms with Crippen molar-refractivity contribution in [2.24, 2.45) is 0 Å². The lowest BCUT2D eigenvalue weighted by Crippen LogP contribution is -2.24. The Bertz CT molecular complexity index is 648. The van der Waals surface area contributed by atoms with E-state index in [-0.39, 0.29) is 10.8 Å². The lowest BCUT2D eigenvalue weighted by Gasteiger charge is -2.08. The number of carboxylic acids is 1. The fraction of sp³-hybridized carbons (Fsp3) is 0.250. The molecule has 0 aliphatic rings. The number of thiophene rings is 1. The zero-order valence-corrected chi connectivity index (χ0v) is 12.6. The summed E-state index contributed by atoms with van der Waals surface area (Å²) >= 11 is 1.18. The van der Waals surface area contributed by atoms with E-state index < -0.39 is 5.97 Å². The summed E-state index contributed by atoms with van der Waals surface area (Å²) in [5.41, 5.74) is 2.21. The molecule has 21 heavy (non-hydrogen) atoms. The second kappa shape index (κ2) is 7.04. The molecular weight excluding hydrogens is 286 g/mol. The Kier molecular flexibility index (Phi) is 5.11. The van der Waals surface area contributed by atoms with Crippen LogP contribution in [0.4, 0.5) is 0 Å². The molecule has 0 fully saturated rings. The summed E-state index contributed by atoms with van der Waals surface area (Å²) in [6.07, 6.45) is 1.25. The number of amides is 1. The average molecular weight is 303 g/mol. The van der Waals surface area contributed by atoms with Gasteiger partial charge in [0.25, 0.3) is 0 Å². The summed E-state index contributed by atoms with van der Waals surface area (Å²) in [6.45, 7) is 2.43. The highest BCUT2D eigenvalue weighted by Crippen LogP contribution is 2.16. The molecule has 2 N–H and O–H groups in total. The van der Waals surface area contributed by atoms with E-state index in [4.69, 9.17) is 5.11 Å². The van der Waals surface area contributed by atoms with Crippen LogP contribution in [0.5, 0.6) is 0 Å². The minimum atomic E-state index is -0.936. The number of hydrogen-bond donors (Lipinski definition) is 2. The third kappa shape index (κ3) is 4.16. The number of carboxylic acid groups (broad SMARTS) is 1. The second-order valence-corrected chi connectivity index (χ2v) is 5.82. The van der Waals surface area contributed by atoms with Gasteiger partial charge in [-0.15, -0.1) is 11.3 Å². The minimum Gasteiger partial charge on any atom is -0.477 e. The second-order valence-electron chi connectivity index (χ2n) is 4.65. The smallest absolute Gasteiger partial charge is 0.345 e. The summed E-state index contributed by atoms with van der Waals surface area (Å²) in [4.78, 5) is 23.9. The highest BCUT2D eigenvalue weighted by atomic mass is 32.1. The van der Waals surface area contributed by atoms with Crippen molar-refractivity contribution in [3.8, 4) is 0 Å². The molecule has 0 saturated heterocycles. The third-order valence-corrected chi connectivity index (χ3v) is 4.26. The van der Waals surface area contributed by atoms with Gasteiger partial charge in [0.2, 0.25) is 5.91 Å². The van der Waals surface area contributed by atoms with Gasteiger partial charge < -0.3 is 10.4 Å². The van der Waals surface area contributed by atoms with E-state index in [1.54, 1.807) is 12.1 Å². The number of nitrogens with one attached hydrogen (secondary N) is 1. The molecule has 0 aliphatic carbocycles. The van der Waals surface area contributed by atoms with Crippen LogP contribution in [0.2, 0.25) is 0 Å². The van der Waals surface area contributed by atoms with Crippen LogP contribution in [-0.2, 0) is 24.2 Å². The highest BCUT2D eigenvalue weighted by Gasteiger charge is 2.09. The van der Waals surface area contributed by atoms with E-state index in [1.165, 1.54) is 16.9 Å². The first-order chi connectivity index (χ1) is 10.1. The van der Waals surface area contributed by atoms with Gasteiger partial charge >= 0.3 is 5.97 Å². The van der Waals surface area contributed by atoms with Crippen molar-refractivity contribution in [2.75, 3.05) is 0 Å². The lowest BCUT2D eigenvalue weighted by molar-refractivity contribution is -0.120. The van der Waals surface area contributed by atoms with E-state index in [2.05, 4.69) is 12.2 Å². The van der Waals surface area contributed by atoms with E-state index in [9.17, 15) is 9.59 Å². The van der Waals surface area contributed by atoms with Gasteiger partial charge in [0.1, 0.15) is 4.88 Å². The molecule has 2 aromatic rings. The Hall–Kier alpha value is -2.14. The van der Waals surface area contributed by atoms with Gasteiger partial charge in [-0.3, -0.25) is 4.79 Å². The Morgan fingerprint density at radius 2 is 1.86 bits per heavy atom. The predicted octanol–water partition coefficient (Wildman–Crippen LogP) is 2.87. The van der Waals surface area contributed by atoms with E-state index in [1.807, 2.05) is 24.3 Å². The fourth-order valence-electron chi connectivity index (χ4n) is 2.08. The third-order valence-electron chi connectivity index (χ3n) is 3.18. The standard InChI is InChI=1S/C16H17NO3S/c1-2-11-5-3-4-6-12(11)9-15(18)17-10-13-7-8-14(21-13)16(19)20/h3-8H,2,9-10H2,1H3,(H,17,18)(H,19,20). The van der Waals surface area contributed by atoms with Crippen molar-refractivity contribution in [3.05, 3.63) is 57.3 Å². The van der Waals surface area contributed by atoms with Crippen molar-refractivity contribution in [1.29, 1.82) is 0 Å². The monoisotopic (exact) mass is 303 g/mol. The first-order valence-electron chi connectivity index (χ1n) is 6.75. The molecule has 0 spiro atoms. The SMILES string of the molecule is CCc1ccccc1CC(=O)NCc1ccc(C(=O)O)s1. The van der Waals surface area contributed by atoms with Gasteiger partial charge in [0.05, 0.1) is 13.0 Å². The average Bonchev–Trinajstić information content (AvgIpc) is 2.95.